The van der Waals surface area contributed by atoms with Crippen LogP contribution in [0.5, 0.6) is 0 Å². The van der Waals surface area contributed by atoms with Gasteiger partial charge in [0.15, 0.2) is 0 Å². The molecule has 0 saturated heterocycles. The van der Waals surface area contributed by atoms with Crippen molar-refractivity contribution in [2.45, 2.75) is 19.9 Å². The van der Waals surface area contributed by atoms with Gasteiger partial charge in [-0.1, -0.05) is 13.8 Å². The highest BCUT2D eigenvalue weighted by Gasteiger charge is 2.09. The average Bonchev–Trinajstić information content (AvgIpc) is 2.03. The van der Waals surface area contributed by atoms with Crippen LogP contribution in [0.3, 0.4) is 0 Å². The molecule has 0 saturated carbocycles. The summed E-state index contributed by atoms with van der Waals surface area (Å²) in [4.78, 5) is 3.90. The minimum atomic E-state index is 0.0512. The maximum Gasteiger partial charge on any atom is 0.123 e. The van der Waals surface area contributed by atoms with Gasteiger partial charge in [0.1, 0.15) is 5.82 Å². The number of nitrogens with zero attached hydrogens (tertiary/aromatic N) is 1. The Morgan fingerprint density at radius 2 is 2.08 bits per heavy atom. The van der Waals surface area contributed by atoms with Gasteiger partial charge in [-0.05, 0) is 23.6 Å². The van der Waals surface area contributed by atoms with Gasteiger partial charge in [0.25, 0.3) is 0 Å². The van der Waals surface area contributed by atoms with Gasteiger partial charge in [-0.2, -0.15) is 0 Å². The van der Waals surface area contributed by atoms with Gasteiger partial charge in [-0.25, -0.2) is 4.98 Å². The lowest BCUT2D eigenvalue weighted by molar-refractivity contribution is 0.514. The fraction of sp³-hybridized carbons (Fsp3) is 0.444. The van der Waals surface area contributed by atoms with E-state index in [1.807, 2.05) is 12.1 Å². The van der Waals surface area contributed by atoms with E-state index in [1.165, 1.54) is 0 Å². The predicted octanol–water partition coefficient (Wildman–Crippen LogP) is 1.32. The van der Waals surface area contributed by atoms with Crippen LogP contribution in [0.25, 0.3) is 0 Å². The first-order chi connectivity index (χ1) is 5.61. The second kappa shape index (κ2) is 3.54. The number of anilines is 1. The maximum atomic E-state index is 5.92. The van der Waals surface area contributed by atoms with E-state index < -0.39 is 0 Å². The fourth-order valence-electron chi connectivity index (χ4n) is 1.06. The summed E-state index contributed by atoms with van der Waals surface area (Å²) in [5.41, 5.74) is 12.5. The standard InChI is InChI=1S/C9H15N3/c1-6(2)9(11)7-3-4-12-8(10)5-7/h3-6,9H,11H2,1-2H3,(H2,10,12)/t9-/m1/s1. The van der Waals surface area contributed by atoms with Crippen LogP contribution in [0.1, 0.15) is 25.5 Å². The molecule has 1 rings (SSSR count). The molecular formula is C9H15N3. The highest BCUT2D eigenvalue weighted by molar-refractivity contribution is 5.33. The minimum absolute atomic E-state index is 0.0512. The Hall–Kier alpha value is -1.09. The third-order valence-corrected chi connectivity index (χ3v) is 1.91. The SMILES string of the molecule is CC(C)[C@@H](N)c1ccnc(N)c1. The van der Waals surface area contributed by atoms with E-state index >= 15 is 0 Å². The summed E-state index contributed by atoms with van der Waals surface area (Å²) in [5, 5.41) is 0. The summed E-state index contributed by atoms with van der Waals surface area (Å²) < 4.78 is 0. The summed E-state index contributed by atoms with van der Waals surface area (Å²) in [7, 11) is 0. The van der Waals surface area contributed by atoms with Crippen molar-refractivity contribution in [2.75, 3.05) is 5.73 Å². The first-order valence-corrected chi connectivity index (χ1v) is 4.08. The van der Waals surface area contributed by atoms with Crippen LogP contribution < -0.4 is 11.5 Å². The quantitative estimate of drug-likeness (QED) is 0.694. The molecule has 66 valence electrons. The normalized spacial score (nSPS) is 13.3. The maximum absolute atomic E-state index is 5.92. The topological polar surface area (TPSA) is 64.9 Å². The fourth-order valence-corrected chi connectivity index (χ4v) is 1.06. The lowest BCUT2D eigenvalue weighted by atomic mass is 9.98. The molecule has 0 aromatic carbocycles. The molecule has 1 heterocycles. The summed E-state index contributed by atoms with van der Waals surface area (Å²) in [6, 6.07) is 3.78. The van der Waals surface area contributed by atoms with E-state index in [1.54, 1.807) is 6.20 Å². The molecule has 0 bridgehead atoms. The van der Waals surface area contributed by atoms with Gasteiger partial charge in [-0.3, -0.25) is 0 Å². The zero-order valence-electron chi connectivity index (χ0n) is 7.49. The summed E-state index contributed by atoms with van der Waals surface area (Å²) in [6.07, 6.45) is 1.69. The lowest BCUT2D eigenvalue weighted by Gasteiger charge is -2.15. The van der Waals surface area contributed by atoms with Crippen molar-refractivity contribution in [3.63, 3.8) is 0 Å². The molecule has 1 aromatic heterocycles. The van der Waals surface area contributed by atoms with Gasteiger partial charge in [0, 0.05) is 12.2 Å². The highest BCUT2D eigenvalue weighted by Crippen LogP contribution is 2.18. The van der Waals surface area contributed by atoms with E-state index in [0.717, 1.165) is 5.56 Å². The Balaban J connectivity index is 2.88. The predicted molar refractivity (Wildman–Crippen MR) is 50.4 cm³/mol. The molecular weight excluding hydrogens is 150 g/mol. The van der Waals surface area contributed by atoms with E-state index in [2.05, 4.69) is 18.8 Å². The van der Waals surface area contributed by atoms with Crippen LogP contribution in [-0.2, 0) is 0 Å². The Morgan fingerprint density at radius 1 is 1.42 bits per heavy atom. The zero-order chi connectivity index (χ0) is 9.14. The van der Waals surface area contributed by atoms with Crippen molar-refractivity contribution < 1.29 is 0 Å². The number of nitrogen functional groups attached to an aromatic ring is 1. The largest absolute Gasteiger partial charge is 0.384 e. The molecule has 0 aliphatic carbocycles. The molecule has 12 heavy (non-hydrogen) atoms. The van der Waals surface area contributed by atoms with Gasteiger partial charge < -0.3 is 11.5 Å². The molecule has 0 radical (unpaired) electrons. The van der Waals surface area contributed by atoms with Crippen LogP contribution in [0.15, 0.2) is 18.3 Å². The van der Waals surface area contributed by atoms with Crippen molar-refractivity contribution in [3.05, 3.63) is 23.9 Å². The molecule has 0 amide bonds. The molecule has 0 aliphatic heterocycles. The van der Waals surface area contributed by atoms with Crippen LogP contribution >= 0.6 is 0 Å². The second-order valence-electron chi connectivity index (χ2n) is 3.28. The highest BCUT2D eigenvalue weighted by atomic mass is 14.8. The molecule has 3 nitrogen and oxygen atoms in total. The Bertz CT molecular complexity index is 258. The Kier molecular flexibility index (Phi) is 2.65. The minimum Gasteiger partial charge on any atom is -0.384 e. The van der Waals surface area contributed by atoms with Gasteiger partial charge in [0.05, 0.1) is 0 Å². The van der Waals surface area contributed by atoms with Crippen LogP contribution in [-0.4, -0.2) is 4.98 Å². The van der Waals surface area contributed by atoms with Crippen LogP contribution in [0, 0.1) is 5.92 Å². The van der Waals surface area contributed by atoms with Crippen LogP contribution in [0.4, 0.5) is 5.82 Å². The Morgan fingerprint density at radius 3 is 2.58 bits per heavy atom. The van der Waals surface area contributed by atoms with E-state index in [-0.39, 0.29) is 6.04 Å². The number of hydrogen-bond donors (Lipinski definition) is 2. The molecule has 0 spiro atoms. The molecule has 1 atom stereocenters. The first-order valence-electron chi connectivity index (χ1n) is 4.08. The monoisotopic (exact) mass is 165 g/mol. The lowest BCUT2D eigenvalue weighted by Crippen LogP contribution is -2.16. The molecule has 0 fully saturated rings. The van der Waals surface area contributed by atoms with E-state index in [4.69, 9.17) is 11.5 Å². The van der Waals surface area contributed by atoms with Crippen molar-refractivity contribution >= 4 is 5.82 Å². The van der Waals surface area contributed by atoms with E-state index in [0.29, 0.717) is 11.7 Å². The second-order valence-corrected chi connectivity index (χ2v) is 3.28. The van der Waals surface area contributed by atoms with Crippen molar-refractivity contribution in [2.24, 2.45) is 11.7 Å². The van der Waals surface area contributed by atoms with Gasteiger partial charge >= 0.3 is 0 Å². The summed E-state index contributed by atoms with van der Waals surface area (Å²) in [6.45, 7) is 4.17. The third-order valence-electron chi connectivity index (χ3n) is 1.91. The summed E-state index contributed by atoms with van der Waals surface area (Å²) in [5.74, 6) is 0.954. The van der Waals surface area contributed by atoms with Gasteiger partial charge in [0.2, 0.25) is 0 Å². The third kappa shape index (κ3) is 1.95. The zero-order valence-corrected chi connectivity index (χ0v) is 7.49. The molecule has 0 aliphatic rings. The van der Waals surface area contributed by atoms with Gasteiger partial charge in [-0.15, -0.1) is 0 Å². The summed E-state index contributed by atoms with van der Waals surface area (Å²) >= 11 is 0. The number of hydrogen-bond acceptors (Lipinski definition) is 3. The molecule has 3 heteroatoms. The molecule has 1 aromatic rings. The van der Waals surface area contributed by atoms with Crippen molar-refractivity contribution in [1.82, 2.24) is 4.98 Å². The molecule has 4 N–H and O–H groups in total. The Labute approximate surface area is 72.8 Å². The number of nitrogens with two attached hydrogens (primary N) is 2. The number of pyridine rings is 1. The number of aromatic nitrogens is 1. The van der Waals surface area contributed by atoms with E-state index in [9.17, 15) is 0 Å². The molecule has 0 unspecified atom stereocenters. The van der Waals surface area contributed by atoms with Crippen molar-refractivity contribution in [3.8, 4) is 0 Å². The first kappa shape index (κ1) is 9.00. The average molecular weight is 165 g/mol. The smallest absolute Gasteiger partial charge is 0.123 e. The number of rotatable bonds is 2. The van der Waals surface area contributed by atoms with Crippen LogP contribution in [0.2, 0.25) is 0 Å². The van der Waals surface area contributed by atoms with Crippen molar-refractivity contribution in [1.29, 1.82) is 0 Å².